The number of benzene rings is 3. The van der Waals surface area contributed by atoms with Gasteiger partial charge in [-0.1, -0.05) is 32.0 Å². The first-order valence-electron chi connectivity index (χ1n) is 14.9. The van der Waals surface area contributed by atoms with Crippen molar-refractivity contribution < 1.29 is 28.2 Å². The van der Waals surface area contributed by atoms with Crippen molar-refractivity contribution in [1.29, 1.82) is 0 Å². The van der Waals surface area contributed by atoms with Crippen molar-refractivity contribution in [3.8, 4) is 17.4 Å². The third-order valence-corrected chi connectivity index (χ3v) is 7.37. The van der Waals surface area contributed by atoms with E-state index in [-0.39, 0.29) is 17.4 Å². The first-order valence-corrected chi connectivity index (χ1v) is 14.9. The molecule has 11 nitrogen and oxygen atoms in total. The van der Waals surface area contributed by atoms with Gasteiger partial charge in [-0.3, -0.25) is 4.79 Å². The molecule has 0 atom stereocenters. The van der Waals surface area contributed by atoms with Gasteiger partial charge in [0.2, 0.25) is 11.8 Å². The van der Waals surface area contributed by atoms with E-state index in [1.807, 2.05) is 45.9 Å². The molecule has 12 heteroatoms. The quantitative estimate of drug-likeness (QED) is 0.173. The van der Waals surface area contributed by atoms with E-state index in [2.05, 4.69) is 25.5 Å². The molecule has 46 heavy (non-hydrogen) atoms. The maximum Gasteiger partial charge on any atom is 0.425 e. The first kappa shape index (κ1) is 33.7. The Hall–Kier alpha value is -5.23. The lowest BCUT2D eigenvalue weighted by atomic mass is 10.1. The van der Waals surface area contributed by atoms with Gasteiger partial charge >= 0.3 is 6.09 Å². The number of aryl methyl sites for hydroxylation is 2. The number of nitrogens with one attached hydrogen (secondary N) is 2. The number of methoxy groups -OCH3 is 2. The summed E-state index contributed by atoms with van der Waals surface area (Å²) in [6.45, 7) is 10.7. The van der Waals surface area contributed by atoms with Gasteiger partial charge in [-0.15, -0.1) is 0 Å². The van der Waals surface area contributed by atoms with E-state index >= 15 is 0 Å². The highest BCUT2D eigenvalue weighted by molar-refractivity contribution is 6.00. The summed E-state index contributed by atoms with van der Waals surface area (Å²) in [6, 6.07) is 16.3. The smallest absolute Gasteiger partial charge is 0.425 e. The van der Waals surface area contributed by atoms with Gasteiger partial charge in [0.1, 0.15) is 17.3 Å². The molecule has 3 aromatic carbocycles. The molecule has 0 saturated heterocycles. The zero-order valence-electron chi connectivity index (χ0n) is 26.9. The number of carbonyl (C=O) groups excluding carboxylic acids is 2. The monoisotopic (exact) mass is 630 g/mol. The number of hydrogen-bond acceptors (Lipinski definition) is 9. The van der Waals surface area contributed by atoms with Crippen LogP contribution >= 0.6 is 0 Å². The molecule has 2 N–H and O–H groups in total. The van der Waals surface area contributed by atoms with Gasteiger partial charge in [0.15, 0.2) is 0 Å². The Balaban J connectivity index is 1.54. The second-order valence-corrected chi connectivity index (χ2v) is 10.3. The topological polar surface area (TPSA) is 118 Å². The van der Waals surface area contributed by atoms with E-state index in [9.17, 15) is 14.0 Å². The summed E-state index contributed by atoms with van der Waals surface area (Å²) in [5.41, 5.74) is 2.96. The predicted molar refractivity (Wildman–Crippen MR) is 175 cm³/mol. The number of carbonyl (C=O) groups is 2. The number of aromatic nitrogens is 2. The Labute approximate surface area is 268 Å². The van der Waals surface area contributed by atoms with E-state index in [1.54, 1.807) is 31.4 Å². The van der Waals surface area contributed by atoms with Crippen LogP contribution < -0.4 is 29.7 Å². The fourth-order valence-corrected chi connectivity index (χ4v) is 4.90. The van der Waals surface area contributed by atoms with Crippen LogP contribution in [-0.2, 0) is 0 Å². The predicted octanol–water partition coefficient (Wildman–Crippen LogP) is 6.40. The molecule has 0 fully saturated rings. The number of likely N-dealkylation sites (N-methyl/N-ethyl adjacent to an activating group) is 1. The molecule has 1 heterocycles. The number of hydrogen-bond donors (Lipinski definition) is 2. The Morgan fingerprint density at radius 2 is 1.67 bits per heavy atom. The van der Waals surface area contributed by atoms with Crippen LogP contribution in [-0.4, -0.2) is 67.3 Å². The third kappa shape index (κ3) is 8.07. The minimum atomic E-state index is -0.743. The maximum absolute atomic E-state index is 14.9. The summed E-state index contributed by atoms with van der Waals surface area (Å²) in [5.74, 6) is -0.235. The maximum atomic E-state index is 14.9. The van der Waals surface area contributed by atoms with Gasteiger partial charge in [-0.05, 0) is 68.4 Å². The van der Waals surface area contributed by atoms with Gasteiger partial charge in [0, 0.05) is 37.1 Å². The summed E-state index contributed by atoms with van der Waals surface area (Å²) in [5, 5.41) is 5.65. The molecule has 0 saturated carbocycles. The van der Waals surface area contributed by atoms with Gasteiger partial charge in [-0.2, -0.15) is 4.98 Å². The van der Waals surface area contributed by atoms with Crippen LogP contribution in [0.5, 0.6) is 17.4 Å². The second-order valence-electron chi connectivity index (χ2n) is 10.3. The van der Waals surface area contributed by atoms with Crippen molar-refractivity contribution in [2.45, 2.75) is 27.7 Å². The summed E-state index contributed by atoms with van der Waals surface area (Å²) in [7, 11) is 3.05. The molecule has 0 aliphatic carbocycles. The van der Waals surface area contributed by atoms with E-state index < -0.39 is 17.8 Å². The van der Waals surface area contributed by atoms with Crippen LogP contribution in [0.25, 0.3) is 0 Å². The molecule has 0 bridgehead atoms. The third-order valence-electron chi connectivity index (χ3n) is 7.37. The standard InChI is InChI=1S/C34H39FN6O5/c1-7-40(8-2)19-18-36-32(42)26-14-12-24(20-27(26)35)38-33-37-17-16-30(39-33)46-34(43)41(31-22(3)10-9-11-23(31)4)28-15-13-25(44-5)21-29(28)45-6/h9-17,20-21H,7-8,18-19H2,1-6H3,(H,36,42)(H,37,38,39). The van der Waals surface area contributed by atoms with Crippen LogP contribution in [0.3, 0.4) is 0 Å². The van der Waals surface area contributed by atoms with Crippen molar-refractivity contribution >= 4 is 35.0 Å². The Kier molecular flexibility index (Phi) is 11.5. The van der Waals surface area contributed by atoms with Crippen molar-refractivity contribution in [3.05, 3.63) is 89.4 Å². The van der Waals surface area contributed by atoms with E-state index in [0.29, 0.717) is 41.7 Å². The molecule has 0 radical (unpaired) electrons. The van der Waals surface area contributed by atoms with Crippen LogP contribution in [0.2, 0.25) is 0 Å². The molecule has 0 spiro atoms. The molecule has 4 rings (SSSR count). The molecular formula is C34H39FN6O5. The summed E-state index contributed by atoms with van der Waals surface area (Å²) in [4.78, 5) is 38.4. The lowest BCUT2D eigenvalue weighted by Crippen LogP contribution is -2.35. The zero-order chi connectivity index (χ0) is 33.2. The molecule has 0 aliphatic rings. The minimum absolute atomic E-state index is 0.0455. The number of amides is 2. The SMILES string of the molecule is CCN(CC)CCNC(=O)c1ccc(Nc2nccc(OC(=O)N(c3ccc(OC)cc3OC)c3c(C)cccc3C)n2)cc1F. The molecule has 0 aliphatic heterocycles. The largest absolute Gasteiger partial charge is 0.497 e. The van der Waals surface area contributed by atoms with Crippen molar-refractivity contribution in [1.82, 2.24) is 20.2 Å². The van der Waals surface area contributed by atoms with Gasteiger partial charge in [0.05, 0.1) is 31.2 Å². The lowest BCUT2D eigenvalue weighted by Gasteiger charge is -2.27. The average Bonchev–Trinajstić information content (AvgIpc) is 3.04. The van der Waals surface area contributed by atoms with E-state index in [0.717, 1.165) is 24.2 Å². The highest BCUT2D eigenvalue weighted by atomic mass is 19.1. The lowest BCUT2D eigenvalue weighted by molar-refractivity contribution is 0.0945. The summed E-state index contributed by atoms with van der Waals surface area (Å²) in [6.07, 6.45) is 0.663. The highest BCUT2D eigenvalue weighted by Gasteiger charge is 2.27. The van der Waals surface area contributed by atoms with Crippen molar-refractivity contribution in [2.24, 2.45) is 0 Å². The Bertz CT molecular complexity index is 1660. The number of nitrogens with zero attached hydrogens (tertiary/aromatic N) is 4. The number of halogens is 1. The van der Waals surface area contributed by atoms with Crippen LogP contribution in [0.4, 0.5) is 32.2 Å². The fraction of sp³-hybridized carbons (Fsp3) is 0.294. The van der Waals surface area contributed by atoms with E-state index in [1.165, 1.54) is 36.4 Å². The van der Waals surface area contributed by atoms with Crippen molar-refractivity contribution in [2.75, 3.05) is 50.6 Å². The number of anilines is 4. The van der Waals surface area contributed by atoms with Gasteiger partial charge in [-0.25, -0.2) is 19.1 Å². The number of para-hydroxylation sites is 1. The fourth-order valence-electron chi connectivity index (χ4n) is 4.90. The molecule has 242 valence electrons. The Morgan fingerprint density at radius 1 is 0.935 bits per heavy atom. The molecule has 1 aromatic heterocycles. The van der Waals surface area contributed by atoms with Gasteiger partial charge in [0.25, 0.3) is 5.91 Å². The van der Waals surface area contributed by atoms with Crippen LogP contribution in [0, 0.1) is 19.7 Å². The Morgan fingerprint density at radius 3 is 2.33 bits per heavy atom. The molecule has 4 aromatic rings. The number of rotatable bonds is 13. The van der Waals surface area contributed by atoms with Crippen LogP contribution in [0.15, 0.2) is 66.9 Å². The zero-order valence-corrected chi connectivity index (χ0v) is 26.9. The normalized spacial score (nSPS) is 10.8. The minimum Gasteiger partial charge on any atom is -0.497 e. The first-order chi connectivity index (χ1) is 22.2. The molecule has 0 unspecified atom stereocenters. The average molecular weight is 631 g/mol. The summed E-state index contributed by atoms with van der Waals surface area (Å²) >= 11 is 0. The summed E-state index contributed by atoms with van der Waals surface area (Å²) < 4.78 is 31.6. The van der Waals surface area contributed by atoms with E-state index in [4.69, 9.17) is 14.2 Å². The second kappa shape index (κ2) is 15.7. The van der Waals surface area contributed by atoms with Gasteiger partial charge < -0.3 is 29.7 Å². The highest BCUT2D eigenvalue weighted by Crippen LogP contribution is 2.39. The molecule has 2 amide bonds. The number of ether oxygens (including phenoxy) is 3. The van der Waals surface area contributed by atoms with Crippen molar-refractivity contribution in [3.63, 3.8) is 0 Å². The molecular weight excluding hydrogens is 591 g/mol. The van der Waals surface area contributed by atoms with Crippen LogP contribution in [0.1, 0.15) is 35.3 Å².